The summed E-state index contributed by atoms with van der Waals surface area (Å²) in [6.45, 7) is 5.15. The van der Waals surface area contributed by atoms with Crippen LogP contribution in [0.5, 0.6) is 0 Å². The van der Waals surface area contributed by atoms with Crippen LogP contribution in [0.3, 0.4) is 0 Å². The zero-order valence-electron chi connectivity index (χ0n) is 13.9. The first-order chi connectivity index (χ1) is 11.2. The van der Waals surface area contributed by atoms with Gasteiger partial charge in [-0.15, -0.1) is 0 Å². The van der Waals surface area contributed by atoms with Gasteiger partial charge in [-0.05, 0) is 38.5 Å². The Morgan fingerprint density at radius 2 is 1.46 bits per heavy atom. The molecule has 2 aromatic rings. The summed E-state index contributed by atoms with van der Waals surface area (Å²) in [6, 6.07) is 16.6. The molecule has 0 fully saturated rings. The van der Waals surface area contributed by atoms with Gasteiger partial charge in [0.25, 0.3) is 0 Å². The molecule has 0 unspecified atom stereocenters. The van der Waals surface area contributed by atoms with E-state index < -0.39 is 26.9 Å². The molecule has 128 valence electrons. The van der Waals surface area contributed by atoms with Crippen molar-refractivity contribution in [1.82, 2.24) is 5.32 Å². The summed E-state index contributed by atoms with van der Waals surface area (Å²) in [7, 11) is -3.82. The van der Waals surface area contributed by atoms with Gasteiger partial charge < -0.3 is 10.1 Å². The van der Waals surface area contributed by atoms with Crippen LogP contribution in [0.4, 0.5) is 4.79 Å². The summed E-state index contributed by atoms with van der Waals surface area (Å²) in [5.41, 5.74) is -0.255. The van der Waals surface area contributed by atoms with Crippen molar-refractivity contribution < 1.29 is 17.9 Å². The lowest BCUT2D eigenvalue weighted by Gasteiger charge is -2.24. The Morgan fingerprint density at radius 1 is 0.958 bits per heavy atom. The third-order valence-electron chi connectivity index (χ3n) is 3.13. The maximum atomic E-state index is 13.0. The first-order valence-electron chi connectivity index (χ1n) is 7.53. The average molecular weight is 347 g/mol. The van der Waals surface area contributed by atoms with E-state index in [0.717, 1.165) is 0 Å². The second kappa shape index (κ2) is 7.05. The zero-order valence-corrected chi connectivity index (χ0v) is 14.7. The fraction of sp³-hybridized carbons (Fsp3) is 0.278. The lowest BCUT2D eigenvalue weighted by Crippen LogP contribution is -2.38. The quantitative estimate of drug-likeness (QED) is 0.915. The SMILES string of the molecule is CC(C)(C)OC(=O)N[C@H](c1ccccc1)S(=O)(=O)c1ccccc1. The van der Waals surface area contributed by atoms with Crippen LogP contribution in [0.25, 0.3) is 0 Å². The van der Waals surface area contributed by atoms with Gasteiger partial charge in [0, 0.05) is 0 Å². The number of carbonyl (C=O) groups excluding carboxylic acids is 1. The first-order valence-corrected chi connectivity index (χ1v) is 9.08. The van der Waals surface area contributed by atoms with E-state index >= 15 is 0 Å². The minimum absolute atomic E-state index is 0.134. The van der Waals surface area contributed by atoms with Crippen LogP contribution in [0.2, 0.25) is 0 Å². The number of alkyl carbamates (subject to hydrolysis) is 1. The molecule has 0 aliphatic rings. The minimum atomic E-state index is -3.82. The van der Waals surface area contributed by atoms with E-state index in [9.17, 15) is 13.2 Å². The third-order valence-corrected chi connectivity index (χ3v) is 5.07. The van der Waals surface area contributed by atoms with Crippen molar-refractivity contribution in [1.29, 1.82) is 0 Å². The highest BCUT2D eigenvalue weighted by molar-refractivity contribution is 7.91. The molecule has 0 saturated carbocycles. The Bertz CT molecular complexity index is 781. The maximum absolute atomic E-state index is 13.0. The molecular formula is C18H21NO4S. The van der Waals surface area contributed by atoms with Crippen molar-refractivity contribution in [2.75, 3.05) is 0 Å². The lowest BCUT2D eigenvalue weighted by atomic mass is 10.2. The van der Waals surface area contributed by atoms with Crippen molar-refractivity contribution >= 4 is 15.9 Å². The van der Waals surface area contributed by atoms with Gasteiger partial charge in [-0.2, -0.15) is 0 Å². The van der Waals surface area contributed by atoms with Crippen LogP contribution in [-0.4, -0.2) is 20.1 Å². The van der Waals surface area contributed by atoms with Crippen LogP contribution in [0, 0.1) is 0 Å². The zero-order chi connectivity index (χ0) is 17.8. The number of hydrogen-bond acceptors (Lipinski definition) is 4. The molecule has 0 aromatic heterocycles. The van der Waals surface area contributed by atoms with Crippen LogP contribution in [0.15, 0.2) is 65.6 Å². The second-order valence-corrected chi connectivity index (χ2v) is 8.33. The normalized spacial score (nSPS) is 13.1. The number of nitrogens with one attached hydrogen (secondary N) is 1. The van der Waals surface area contributed by atoms with Crippen LogP contribution < -0.4 is 5.32 Å². The fourth-order valence-corrected chi connectivity index (χ4v) is 3.70. The summed E-state index contributed by atoms with van der Waals surface area (Å²) < 4.78 is 31.1. The molecule has 6 heteroatoms. The number of carbonyl (C=O) groups is 1. The van der Waals surface area contributed by atoms with Crippen LogP contribution >= 0.6 is 0 Å². The number of ether oxygens (including phenoxy) is 1. The smallest absolute Gasteiger partial charge is 0.408 e. The van der Waals surface area contributed by atoms with E-state index in [1.165, 1.54) is 12.1 Å². The van der Waals surface area contributed by atoms with Crippen LogP contribution in [0.1, 0.15) is 31.7 Å². The molecule has 5 nitrogen and oxygen atoms in total. The van der Waals surface area contributed by atoms with E-state index in [-0.39, 0.29) is 4.90 Å². The van der Waals surface area contributed by atoms with Gasteiger partial charge in [-0.1, -0.05) is 48.5 Å². The molecule has 0 spiro atoms. The summed E-state index contributed by atoms with van der Waals surface area (Å²) in [5.74, 6) is 0. The Kier molecular flexibility index (Phi) is 5.29. The van der Waals surface area contributed by atoms with Gasteiger partial charge in [0.05, 0.1) is 4.90 Å². The number of sulfone groups is 1. The molecule has 2 aromatic carbocycles. The highest BCUT2D eigenvalue weighted by Crippen LogP contribution is 2.27. The number of hydrogen-bond donors (Lipinski definition) is 1. The fourth-order valence-electron chi connectivity index (χ4n) is 2.13. The second-order valence-electron chi connectivity index (χ2n) is 6.30. The Morgan fingerprint density at radius 3 is 1.96 bits per heavy atom. The molecule has 0 radical (unpaired) electrons. The monoisotopic (exact) mass is 347 g/mol. The van der Waals surface area contributed by atoms with Gasteiger partial charge in [0.2, 0.25) is 9.84 Å². The van der Waals surface area contributed by atoms with Crippen molar-refractivity contribution in [2.24, 2.45) is 0 Å². The van der Waals surface area contributed by atoms with Crippen molar-refractivity contribution in [3.05, 3.63) is 66.2 Å². The number of rotatable bonds is 4. The summed E-state index contributed by atoms with van der Waals surface area (Å²) in [5, 5.41) is 1.25. The summed E-state index contributed by atoms with van der Waals surface area (Å²) in [6.07, 6.45) is -0.782. The van der Waals surface area contributed by atoms with Crippen molar-refractivity contribution in [3.63, 3.8) is 0 Å². The first kappa shape index (κ1) is 18.0. The van der Waals surface area contributed by atoms with Crippen LogP contribution in [-0.2, 0) is 14.6 Å². The largest absolute Gasteiger partial charge is 0.444 e. The molecule has 2 rings (SSSR count). The Balaban J connectivity index is 2.39. The van der Waals surface area contributed by atoms with Gasteiger partial charge in [-0.25, -0.2) is 13.2 Å². The van der Waals surface area contributed by atoms with Crippen molar-refractivity contribution in [3.8, 4) is 0 Å². The highest BCUT2D eigenvalue weighted by Gasteiger charge is 2.32. The molecule has 0 aliphatic carbocycles. The van der Waals surface area contributed by atoms with E-state index in [0.29, 0.717) is 5.56 Å². The van der Waals surface area contributed by atoms with E-state index in [4.69, 9.17) is 4.74 Å². The predicted molar refractivity (Wildman–Crippen MR) is 92.2 cm³/mol. The Labute approximate surface area is 142 Å². The standard InChI is InChI=1S/C18H21NO4S/c1-18(2,3)23-17(20)19-16(14-10-6-4-7-11-14)24(21,22)15-12-8-5-9-13-15/h4-13,16H,1-3H3,(H,19,20)/t16-/m0/s1. The van der Waals surface area contributed by atoms with Crippen molar-refractivity contribution in [2.45, 2.75) is 36.6 Å². The van der Waals surface area contributed by atoms with Gasteiger partial charge >= 0.3 is 6.09 Å². The molecule has 0 saturated heterocycles. The summed E-state index contributed by atoms with van der Waals surface area (Å²) in [4.78, 5) is 12.3. The average Bonchev–Trinajstić information content (AvgIpc) is 2.52. The molecule has 0 aliphatic heterocycles. The molecule has 0 bridgehead atoms. The van der Waals surface area contributed by atoms with Gasteiger partial charge in [0.15, 0.2) is 5.37 Å². The van der Waals surface area contributed by atoms with E-state index in [1.807, 2.05) is 0 Å². The van der Waals surface area contributed by atoms with Gasteiger partial charge in [0.1, 0.15) is 5.60 Å². The summed E-state index contributed by atoms with van der Waals surface area (Å²) >= 11 is 0. The predicted octanol–water partition coefficient (Wildman–Crippen LogP) is 3.68. The maximum Gasteiger partial charge on any atom is 0.408 e. The molecule has 1 atom stereocenters. The number of benzene rings is 2. The number of amides is 1. The molecule has 1 N–H and O–H groups in total. The Hall–Kier alpha value is -2.34. The molecular weight excluding hydrogens is 326 g/mol. The molecule has 1 amide bonds. The topological polar surface area (TPSA) is 72.5 Å². The van der Waals surface area contributed by atoms with Gasteiger partial charge in [-0.3, -0.25) is 0 Å². The minimum Gasteiger partial charge on any atom is -0.444 e. The highest BCUT2D eigenvalue weighted by atomic mass is 32.2. The lowest BCUT2D eigenvalue weighted by molar-refractivity contribution is 0.0519. The van der Waals surface area contributed by atoms with E-state index in [1.54, 1.807) is 69.3 Å². The molecule has 24 heavy (non-hydrogen) atoms. The van der Waals surface area contributed by atoms with E-state index in [2.05, 4.69) is 5.32 Å². The molecule has 0 heterocycles. The third kappa shape index (κ3) is 4.58.